The molecule has 0 amide bonds. The van der Waals surface area contributed by atoms with Crippen LogP contribution in [0.3, 0.4) is 0 Å². The van der Waals surface area contributed by atoms with Crippen molar-refractivity contribution in [2.75, 3.05) is 5.43 Å². The third-order valence-electron chi connectivity index (χ3n) is 3.05. The van der Waals surface area contributed by atoms with Gasteiger partial charge in [0.05, 0.1) is 18.1 Å². The van der Waals surface area contributed by atoms with Crippen molar-refractivity contribution in [1.82, 2.24) is 19.5 Å². The lowest BCUT2D eigenvalue weighted by Gasteiger charge is -2.13. The molecule has 0 radical (unpaired) electrons. The van der Waals surface area contributed by atoms with E-state index in [2.05, 4.69) is 20.4 Å². The summed E-state index contributed by atoms with van der Waals surface area (Å²) in [7, 11) is 0. The first kappa shape index (κ1) is 10.2. The summed E-state index contributed by atoms with van der Waals surface area (Å²) in [6.45, 7) is 0. The van der Waals surface area contributed by atoms with Gasteiger partial charge in [-0.2, -0.15) is 0 Å². The lowest BCUT2D eigenvalue weighted by Crippen LogP contribution is -2.12. The molecule has 0 atom stereocenters. The Balaban J connectivity index is 2.05. The standard InChI is InChI=1S/C11H14N6/c12-16-10-5-13-6-11(15-10)17-7-14-8-3-1-2-4-9(8)17/h5-7H,1-4,12H2,(H,15,16). The van der Waals surface area contributed by atoms with E-state index >= 15 is 0 Å². The fourth-order valence-electron chi connectivity index (χ4n) is 2.21. The predicted octanol–water partition coefficient (Wildman–Crippen LogP) is 0.827. The number of imidazole rings is 1. The number of nitrogens with zero attached hydrogens (tertiary/aromatic N) is 4. The van der Waals surface area contributed by atoms with Crippen LogP contribution < -0.4 is 11.3 Å². The number of aromatic nitrogens is 4. The maximum absolute atomic E-state index is 5.33. The number of rotatable bonds is 2. The van der Waals surface area contributed by atoms with Crippen LogP contribution in [0.15, 0.2) is 18.7 Å². The van der Waals surface area contributed by atoms with Gasteiger partial charge < -0.3 is 5.43 Å². The first-order valence-corrected chi connectivity index (χ1v) is 5.72. The average Bonchev–Trinajstić information content (AvgIpc) is 2.82. The summed E-state index contributed by atoms with van der Waals surface area (Å²) in [6.07, 6.45) is 9.67. The van der Waals surface area contributed by atoms with Crippen molar-refractivity contribution in [2.45, 2.75) is 25.7 Å². The molecular formula is C11H14N6. The number of nitrogens with one attached hydrogen (secondary N) is 1. The first-order valence-electron chi connectivity index (χ1n) is 5.72. The topological polar surface area (TPSA) is 81.6 Å². The predicted molar refractivity (Wildman–Crippen MR) is 63.6 cm³/mol. The zero-order chi connectivity index (χ0) is 11.7. The number of aryl methyl sites for hydroxylation is 1. The largest absolute Gasteiger partial charge is 0.307 e. The molecule has 0 spiro atoms. The van der Waals surface area contributed by atoms with E-state index < -0.39 is 0 Å². The molecule has 0 unspecified atom stereocenters. The quantitative estimate of drug-likeness (QED) is 0.590. The van der Waals surface area contributed by atoms with Gasteiger partial charge in [0.2, 0.25) is 0 Å². The minimum atomic E-state index is 0.556. The molecular weight excluding hydrogens is 216 g/mol. The second-order valence-corrected chi connectivity index (χ2v) is 4.12. The van der Waals surface area contributed by atoms with Gasteiger partial charge in [0.1, 0.15) is 6.33 Å². The van der Waals surface area contributed by atoms with Gasteiger partial charge in [-0.25, -0.2) is 15.8 Å². The summed E-state index contributed by atoms with van der Waals surface area (Å²) in [5, 5.41) is 0. The van der Waals surface area contributed by atoms with E-state index in [1.54, 1.807) is 12.4 Å². The highest BCUT2D eigenvalue weighted by Crippen LogP contribution is 2.22. The Hall–Kier alpha value is -1.95. The summed E-state index contributed by atoms with van der Waals surface area (Å²) in [5.41, 5.74) is 4.94. The van der Waals surface area contributed by atoms with Gasteiger partial charge in [0.25, 0.3) is 0 Å². The summed E-state index contributed by atoms with van der Waals surface area (Å²) < 4.78 is 2.00. The van der Waals surface area contributed by atoms with E-state index in [1.807, 2.05) is 10.9 Å². The highest BCUT2D eigenvalue weighted by molar-refractivity contribution is 5.36. The Labute approximate surface area is 98.9 Å². The van der Waals surface area contributed by atoms with E-state index in [0.717, 1.165) is 18.7 Å². The molecule has 1 aliphatic carbocycles. The number of fused-ring (bicyclic) bond motifs is 1. The third-order valence-corrected chi connectivity index (χ3v) is 3.05. The number of hydrazine groups is 1. The van der Waals surface area contributed by atoms with E-state index in [1.165, 1.54) is 24.2 Å². The molecule has 6 nitrogen and oxygen atoms in total. The van der Waals surface area contributed by atoms with Gasteiger partial charge in [0.15, 0.2) is 11.6 Å². The zero-order valence-electron chi connectivity index (χ0n) is 9.43. The van der Waals surface area contributed by atoms with Crippen LogP contribution in [-0.2, 0) is 12.8 Å². The van der Waals surface area contributed by atoms with Gasteiger partial charge >= 0.3 is 0 Å². The molecule has 1 aliphatic rings. The number of nitrogen functional groups attached to an aromatic ring is 1. The van der Waals surface area contributed by atoms with Crippen molar-refractivity contribution in [3.63, 3.8) is 0 Å². The molecule has 0 bridgehead atoms. The molecule has 0 saturated heterocycles. The highest BCUT2D eigenvalue weighted by atomic mass is 15.3. The SMILES string of the molecule is NNc1cncc(-n2cnc3c2CCCC3)n1. The first-order chi connectivity index (χ1) is 8.38. The Morgan fingerprint density at radius 2 is 2.12 bits per heavy atom. The number of nitrogens with two attached hydrogens (primary N) is 1. The minimum Gasteiger partial charge on any atom is -0.307 e. The van der Waals surface area contributed by atoms with Gasteiger partial charge in [-0.15, -0.1) is 0 Å². The molecule has 2 aromatic rings. The average molecular weight is 230 g/mol. The van der Waals surface area contributed by atoms with Gasteiger partial charge in [-0.05, 0) is 25.7 Å². The Bertz CT molecular complexity index is 533. The molecule has 2 aromatic heterocycles. The molecule has 0 saturated carbocycles. The monoisotopic (exact) mass is 230 g/mol. The van der Waals surface area contributed by atoms with Crippen molar-refractivity contribution < 1.29 is 0 Å². The van der Waals surface area contributed by atoms with Crippen LogP contribution in [0.5, 0.6) is 0 Å². The van der Waals surface area contributed by atoms with E-state index in [0.29, 0.717) is 5.82 Å². The third kappa shape index (κ3) is 1.76. The van der Waals surface area contributed by atoms with Crippen molar-refractivity contribution >= 4 is 5.82 Å². The maximum atomic E-state index is 5.33. The van der Waals surface area contributed by atoms with Crippen LogP contribution in [0.1, 0.15) is 24.2 Å². The summed E-state index contributed by atoms with van der Waals surface area (Å²) in [5.74, 6) is 6.65. The molecule has 88 valence electrons. The van der Waals surface area contributed by atoms with Gasteiger partial charge in [-0.1, -0.05) is 0 Å². The van der Waals surface area contributed by atoms with E-state index in [4.69, 9.17) is 5.84 Å². The molecule has 0 aromatic carbocycles. The molecule has 0 aliphatic heterocycles. The smallest absolute Gasteiger partial charge is 0.160 e. The summed E-state index contributed by atoms with van der Waals surface area (Å²) >= 11 is 0. The lowest BCUT2D eigenvalue weighted by molar-refractivity contribution is 0.654. The van der Waals surface area contributed by atoms with Crippen LogP contribution in [0, 0.1) is 0 Å². The zero-order valence-corrected chi connectivity index (χ0v) is 9.43. The van der Waals surface area contributed by atoms with E-state index in [-0.39, 0.29) is 0 Å². The highest BCUT2D eigenvalue weighted by Gasteiger charge is 2.16. The van der Waals surface area contributed by atoms with Crippen LogP contribution in [0.4, 0.5) is 5.82 Å². The summed E-state index contributed by atoms with van der Waals surface area (Å²) in [4.78, 5) is 12.9. The van der Waals surface area contributed by atoms with Crippen LogP contribution in [-0.4, -0.2) is 19.5 Å². The van der Waals surface area contributed by atoms with Crippen molar-refractivity contribution in [1.29, 1.82) is 0 Å². The molecule has 17 heavy (non-hydrogen) atoms. The Morgan fingerprint density at radius 3 is 3.00 bits per heavy atom. The second kappa shape index (κ2) is 4.14. The second-order valence-electron chi connectivity index (χ2n) is 4.12. The fourth-order valence-corrected chi connectivity index (χ4v) is 2.21. The molecule has 3 rings (SSSR count). The molecule has 2 heterocycles. The Morgan fingerprint density at radius 1 is 1.24 bits per heavy atom. The van der Waals surface area contributed by atoms with Crippen molar-refractivity contribution in [3.05, 3.63) is 30.1 Å². The number of anilines is 1. The molecule has 0 fully saturated rings. The van der Waals surface area contributed by atoms with Crippen molar-refractivity contribution in [3.8, 4) is 5.82 Å². The van der Waals surface area contributed by atoms with Gasteiger partial charge in [-0.3, -0.25) is 9.55 Å². The fraction of sp³-hybridized carbons (Fsp3) is 0.364. The molecule has 3 N–H and O–H groups in total. The minimum absolute atomic E-state index is 0.556. The number of hydrogen-bond acceptors (Lipinski definition) is 5. The van der Waals surface area contributed by atoms with E-state index in [9.17, 15) is 0 Å². The maximum Gasteiger partial charge on any atom is 0.160 e. The van der Waals surface area contributed by atoms with Gasteiger partial charge in [0, 0.05) is 5.69 Å². The Kier molecular flexibility index (Phi) is 2.49. The van der Waals surface area contributed by atoms with Crippen molar-refractivity contribution in [2.24, 2.45) is 5.84 Å². The lowest BCUT2D eigenvalue weighted by atomic mass is 10.0. The number of hydrogen-bond donors (Lipinski definition) is 2. The van der Waals surface area contributed by atoms with Crippen LogP contribution in [0.2, 0.25) is 0 Å². The van der Waals surface area contributed by atoms with Crippen LogP contribution in [0.25, 0.3) is 5.82 Å². The summed E-state index contributed by atoms with van der Waals surface area (Å²) in [6, 6.07) is 0. The normalized spacial score (nSPS) is 14.4. The molecule has 6 heteroatoms. The van der Waals surface area contributed by atoms with Crippen LogP contribution >= 0.6 is 0 Å².